The molecule has 3 rings (SSSR count). The molecule has 1 fully saturated rings. The zero-order chi connectivity index (χ0) is 17.8. The van der Waals surface area contributed by atoms with E-state index in [0.717, 1.165) is 5.69 Å². The van der Waals surface area contributed by atoms with E-state index in [1.807, 2.05) is 4.90 Å². The molecule has 0 N–H and O–H groups in total. The summed E-state index contributed by atoms with van der Waals surface area (Å²) in [6.45, 7) is 1.98. The Labute approximate surface area is 149 Å². The summed E-state index contributed by atoms with van der Waals surface area (Å²) in [5.74, 6) is -0.838. The topological polar surface area (TPSA) is 53.0 Å². The van der Waals surface area contributed by atoms with Crippen molar-refractivity contribution in [2.45, 2.75) is 0 Å². The highest BCUT2D eigenvalue weighted by molar-refractivity contribution is 6.31. The van der Waals surface area contributed by atoms with Gasteiger partial charge in [-0.15, -0.1) is 0 Å². The maximum Gasteiger partial charge on any atom is 0.256 e. The Morgan fingerprint density at radius 2 is 1.84 bits per heavy atom. The zero-order valence-electron chi connectivity index (χ0n) is 13.3. The van der Waals surface area contributed by atoms with E-state index in [2.05, 4.69) is 4.99 Å². The number of nitrogens with zero attached hydrogens (tertiary/aromatic N) is 3. The second kappa shape index (κ2) is 7.47. The van der Waals surface area contributed by atoms with Crippen LogP contribution in [0.2, 0.25) is 5.02 Å². The summed E-state index contributed by atoms with van der Waals surface area (Å²) in [6.07, 6.45) is 1.53. The number of isocyanates is 1. The molecule has 1 heterocycles. The van der Waals surface area contributed by atoms with Gasteiger partial charge < -0.3 is 9.80 Å². The van der Waals surface area contributed by atoms with Crippen molar-refractivity contribution in [3.8, 4) is 0 Å². The Bertz CT molecular complexity index is 844. The van der Waals surface area contributed by atoms with E-state index in [4.69, 9.17) is 11.6 Å². The van der Waals surface area contributed by atoms with Gasteiger partial charge in [0.2, 0.25) is 6.08 Å². The molecule has 7 heteroatoms. The van der Waals surface area contributed by atoms with Crippen LogP contribution in [0.25, 0.3) is 0 Å². The molecule has 1 amide bonds. The highest BCUT2D eigenvalue weighted by atomic mass is 35.5. The van der Waals surface area contributed by atoms with E-state index < -0.39 is 5.82 Å². The monoisotopic (exact) mass is 359 g/mol. The van der Waals surface area contributed by atoms with Crippen LogP contribution in [-0.2, 0) is 4.79 Å². The number of anilines is 1. The summed E-state index contributed by atoms with van der Waals surface area (Å²) in [4.78, 5) is 30.4. The Morgan fingerprint density at radius 3 is 2.52 bits per heavy atom. The van der Waals surface area contributed by atoms with E-state index in [-0.39, 0.29) is 11.5 Å². The molecule has 2 aromatic carbocycles. The second-order valence-electron chi connectivity index (χ2n) is 5.60. The zero-order valence-corrected chi connectivity index (χ0v) is 14.0. The lowest BCUT2D eigenvalue weighted by Crippen LogP contribution is -2.49. The number of carbonyl (C=O) groups is 1. The van der Waals surface area contributed by atoms with Gasteiger partial charge in [0.05, 0.1) is 11.3 Å². The van der Waals surface area contributed by atoms with E-state index in [1.165, 1.54) is 18.2 Å². The molecule has 128 valence electrons. The third-order valence-corrected chi connectivity index (χ3v) is 4.35. The quantitative estimate of drug-likeness (QED) is 0.623. The van der Waals surface area contributed by atoms with Gasteiger partial charge in [-0.25, -0.2) is 9.18 Å². The molecule has 0 atom stereocenters. The Balaban J connectivity index is 1.73. The standard InChI is InChI=1S/C18H15ClFN3O2/c19-13-5-6-17(16(11-13)21-12-24)22-7-9-23(10-8-22)18(25)14-3-1-2-4-15(14)20/h1-6,11H,7-10H2. The van der Waals surface area contributed by atoms with Crippen molar-refractivity contribution in [3.63, 3.8) is 0 Å². The fourth-order valence-corrected chi connectivity index (χ4v) is 3.02. The predicted octanol–water partition coefficient (Wildman–Crippen LogP) is 3.41. The summed E-state index contributed by atoms with van der Waals surface area (Å²) < 4.78 is 13.8. The Morgan fingerprint density at radius 1 is 1.12 bits per heavy atom. The third-order valence-electron chi connectivity index (χ3n) is 4.12. The molecule has 0 aliphatic carbocycles. The minimum Gasteiger partial charge on any atom is -0.366 e. The van der Waals surface area contributed by atoms with Crippen LogP contribution in [0.4, 0.5) is 15.8 Å². The van der Waals surface area contributed by atoms with Gasteiger partial charge >= 0.3 is 0 Å². The molecule has 2 aromatic rings. The van der Waals surface area contributed by atoms with Crippen LogP contribution in [0, 0.1) is 5.82 Å². The average Bonchev–Trinajstić information content (AvgIpc) is 2.62. The van der Waals surface area contributed by atoms with Crippen molar-refractivity contribution in [1.29, 1.82) is 0 Å². The van der Waals surface area contributed by atoms with E-state index in [0.29, 0.717) is 36.9 Å². The molecule has 25 heavy (non-hydrogen) atoms. The number of halogens is 2. The van der Waals surface area contributed by atoms with E-state index >= 15 is 0 Å². The van der Waals surface area contributed by atoms with Crippen LogP contribution in [0.15, 0.2) is 47.5 Å². The fraction of sp³-hybridized carbons (Fsp3) is 0.222. The minimum atomic E-state index is -0.518. The highest BCUT2D eigenvalue weighted by Crippen LogP contribution is 2.32. The number of amides is 1. The molecule has 5 nitrogen and oxygen atoms in total. The Hall–Kier alpha value is -2.69. The smallest absolute Gasteiger partial charge is 0.256 e. The summed E-state index contributed by atoms with van der Waals surface area (Å²) >= 11 is 5.94. The first kappa shape index (κ1) is 17.1. The molecule has 0 saturated carbocycles. The SMILES string of the molecule is O=C=Nc1cc(Cl)ccc1N1CCN(C(=O)c2ccccc2F)CC1. The van der Waals surface area contributed by atoms with Crippen molar-refractivity contribution in [1.82, 2.24) is 4.90 Å². The average molecular weight is 360 g/mol. The van der Waals surface area contributed by atoms with Crippen LogP contribution in [0.1, 0.15) is 10.4 Å². The predicted molar refractivity (Wildman–Crippen MR) is 93.8 cm³/mol. The van der Waals surface area contributed by atoms with Crippen LogP contribution in [0.5, 0.6) is 0 Å². The van der Waals surface area contributed by atoms with E-state index in [9.17, 15) is 14.0 Å². The third kappa shape index (κ3) is 3.71. The van der Waals surface area contributed by atoms with Gasteiger partial charge in [0, 0.05) is 31.2 Å². The lowest BCUT2D eigenvalue weighted by Gasteiger charge is -2.36. The molecule has 0 unspecified atom stereocenters. The summed E-state index contributed by atoms with van der Waals surface area (Å²) in [6, 6.07) is 11.1. The van der Waals surface area contributed by atoms with Gasteiger partial charge in [-0.3, -0.25) is 4.79 Å². The summed E-state index contributed by atoms with van der Waals surface area (Å²) in [5.41, 5.74) is 1.27. The molecular formula is C18H15ClFN3O2. The molecule has 1 aliphatic heterocycles. The van der Waals surface area contributed by atoms with Gasteiger partial charge in [0.1, 0.15) is 11.5 Å². The fourth-order valence-electron chi connectivity index (χ4n) is 2.86. The van der Waals surface area contributed by atoms with Gasteiger partial charge in [0.15, 0.2) is 0 Å². The maximum absolute atomic E-state index is 13.8. The largest absolute Gasteiger partial charge is 0.366 e. The molecule has 0 aromatic heterocycles. The molecule has 1 saturated heterocycles. The normalized spacial score (nSPS) is 14.2. The minimum absolute atomic E-state index is 0.0775. The first-order valence-electron chi connectivity index (χ1n) is 7.76. The Kier molecular flexibility index (Phi) is 5.12. The van der Waals surface area contributed by atoms with E-state index in [1.54, 1.807) is 35.2 Å². The van der Waals surface area contributed by atoms with Crippen molar-refractivity contribution >= 4 is 35.0 Å². The number of hydrogen-bond acceptors (Lipinski definition) is 4. The van der Waals surface area contributed by atoms with Gasteiger partial charge in [0.25, 0.3) is 5.91 Å². The van der Waals surface area contributed by atoms with Crippen LogP contribution < -0.4 is 4.90 Å². The lowest BCUT2D eigenvalue weighted by molar-refractivity contribution is 0.0742. The number of carbonyl (C=O) groups excluding carboxylic acids is 2. The van der Waals surface area contributed by atoms with Crippen molar-refractivity contribution < 1.29 is 14.0 Å². The van der Waals surface area contributed by atoms with Crippen molar-refractivity contribution in [3.05, 3.63) is 58.9 Å². The molecular weight excluding hydrogens is 345 g/mol. The van der Waals surface area contributed by atoms with Crippen LogP contribution in [0.3, 0.4) is 0 Å². The summed E-state index contributed by atoms with van der Waals surface area (Å²) in [7, 11) is 0. The number of hydrogen-bond donors (Lipinski definition) is 0. The number of rotatable bonds is 3. The summed E-state index contributed by atoms with van der Waals surface area (Å²) in [5, 5.41) is 0.478. The van der Waals surface area contributed by atoms with Crippen LogP contribution in [-0.4, -0.2) is 43.1 Å². The number of benzene rings is 2. The maximum atomic E-state index is 13.8. The van der Waals surface area contributed by atoms with Crippen LogP contribution >= 0.6 is 11.6 Å². The number of aliphatic imine (C=N–C) groups is 1. The second-order valence-corrected chi connectivity index (χ2v) is 6.03. The molecule has 0 radical (unpaired) electrons. The molecule has 0 spiro atoms. The lowest BCUT2D eigenvalue weighted by atomic mass is 10.1. The van der Waals surface area contributed by atoms with Crippen molar-refractivity contribution in [2.75, 3.05) is 31.1 Å². The molecule has 1 aliphatic rings. The first-order valence-corrected chi connectivity index (χ1v) is 8.14. The van der Waals surface area contributed by atoms with Crippen molar-refractivity contribution in [2.24, 2.45) is 4.99 Å². The first-order chi connectivity index (χ1) is 12.1. The number of piperazine rings is 1. The van der Waals surface area contributed by atoms with Gasteiger partial charge in [-0.2, -0.15) is 4.99 Å². The molecule has 0 bridgehead atoms. The highest BCUT2D eigenvalue weighted by Gasteiger charge is 2.25. The van der Waals surface area contributed by atoms with Gasteiger partial charge in [-0.1, -0.05) is 23.7 Å². The van der Waals surface area contributed by atoms with Gasteiger partial charge in [-0.05, 0) is 30.3 Å².